The molecule has 0 amide bonds. The number of rotatable bonds is 1. The minimum atomic E-state index is 0.990. The summed E-state index contributed by atoms with van der Waals surface area (Å²) < 4.78 is 0. The van der Waals surface area contributed by atoms with Gasteiger partial charge in [0, 0.05) is 0 Å². The first-order valence-corrected chi connectivity index (χ1v) is 4.22. The zero-order chi connectivity index (χ0) is 6.97. The summed E-state index contributed by atoms with van der Waals surface area (Å²) in [5.74, 6) is 0.990. The third-order valence-electron chi connectivity index (χ3n) is 2.49. The molecule has 0 aliphatic heterocycles. The Labute approximate surface area is 62.6 Å². The summed E-state index contributed by atoms with van der Waals surface area (Å²) in [5, 5.41) is 0. The van der Waals surface area contributed by atoms with Crippen molar-refractivity contribution >= 4 is 0 Å². The van der Waals surface area contributed by atoms with E-state index in [-0.39, 0.29) is 0 Å². The van der Waals surface area contributed by atoms with Crippen LogP contribution in [0.5, 0.6) is 0 Å². The van der Waals surface area contributed by atoms with E-state index in [1.165, 1.54) is 25.7 Å². The predicted octanol–water partition coefficient (Wildman–Crippen LogP) is 3.06. The van der Waals surface area contributed by atoms with Crippen LogP contribution < -0.4 is 0 Å². The van der Waals surface area contributed by atoms with Gasteiger partial charge in [0.15, 0.2) is 0 Å². The monoisotopic (exact) mass is 134 g/mol. The minimum absolute atomic E-state index is 0.990. The molecular weight excluding hydrogens is 120 g/mol. The third-order valence-corrected chi connectivity index (χ3v) is 2.49. The molecule has 0 heterocycles. The Morgan fingerprint density at radius 1 is 1.20 bits per heavy atom. The van der Waals surface area contributed by atoms with Gasteiger partial charge >= 0.3 is 0 Å². The molecule has 0 radical (unpaired) electrons. The molecule has 0 nitrogen and oxygen atoms in total. The standard InChI is InChI=1S/C10H14/c1-8-2-4-9(5-3-8)10-6-7-10/h2,4,10H,3,5-7H2,1H3. The van der Waals surface area contributed by atoms with Gasteiger partial charge in [-0.2, -0.15) is 0 Å². The van der Waals surface area contributed by atoms with Crippen LogP contribution in [0, 0.1) is 5.92 Å². The van der Waals surface area contributed by atoms with Gasteiger partial charge in [0.1, 0.15) is 0 Å². The van der Waals surface area contributed by atoms with Gasteiger partial charge < -0.3 is 0 Å². The van der Waals surface area contributed by atoms with Crippen molar-refractivity contribution in [2.24, 2.45) is 5.92 Å². The van der Waals surface area contributed by atoms with E-state index in [9.17, 15) is 0 Å². The molecule has 2 aliphatic rings. The highest BCUT2D eigenvalue weighted by atomic mass is 14.3. The Kier molecular flexibility index (Phi) is 1.40. The van der Waals surface area contributed by atoms with Gasteiger partial charge in [0.05, 0.1) is 0 Å². The summed E-state index contributed by atoms with van der Waals surface area (Å²) >= 11 is 0. The number of hydrogen-bond acceptors (Lipinski definition) is 0. The van der Waals surface area contributed by atoms with Crippen LogP contribution in [0.2, 0.25) is 0 Å². The van der Waals surface area contributed by atoms with Crippen molar-refractivity contribution < 1.29 is 0 Å². The van der Waals surface area contributed by atoms with Crippen molar-refractivity contribution in [3.63, 3.8) is 0 Å². The molecule has 0 spiro atoms. The summed E-state index contributed by atoms with van der Waals surface area (Å²) in [5.41, 5.74) is 3.26. The number of allylic oxidation sites excluding steroid dienone is 4. The molecule has 0 bridgehead atoms. The molecule has 0 aromatic rings. The lowest BCUT2D eigenvalue weighted by Gasteiger charge is -2.10. The highest BCUT2D eigenvalue weighted by Crippen LogP contribution is 2.40. The van der Waals surface area contributed by atoms with E-state index in [4.69, 9.17) is 0 Å². The van der Waals surface area contributed by atoms with E-state index >= 15 is 0 Å². The Morgan fingerprint density at radius 3 is 2.50 bits per heavy atom. The lowest BCUT2D eigenvalue weighted by atomic mass is 9.96. The molecule has 0 aromatic heterocycles. The van der Waals surface area contributed by atoms with Crippen LogP contribution in [0.4, 0.5) is 0 Å². The first kappa shape index (κ1) is 6.21. The van der Waals surface area contributed by atoms with Gasteiger partial charge in [-0.3, -0.25) is 0 Å². The van der Waals surface area contributed by atoms with E-state index in [2.05, 4.69) is 19.1 Å². The van der Waals surface area contributed by atoms with Crippen LogP contribution in [-0.2, 0) is 0 Å². The summed E-state index contributed by atoms with van der Waals surface area (Å²) in [6.07, 6.45) is 10.2. The summed E-state index contributed by atoms with van der Waals surface area (Å²) in [7, 11) is 0. The van der Waals surface area contributed by atoms with Crippen molar-refractivity contribution in [3.8, 4) is 0 Å². The van der Waals surface area contributed by atoms with Crippen LogP contribution in [0.1, 0.15) is 32.6 Å². The van der Waals surface area contributed by atoms with Crippen LogP contribution in [0.3, 0.4) is 0 Å². The zero-order valence-corrected chi connectivity index (χ0v) is 6.56. The van der Waals surface area contributed by atoms with Gasteiger partial charge in [0.25, 0.3) is 0 Å². The fourth-order valence-electron chi connectivity index (χ4n) is 1.55. The maximum Gasteiger partial charge on any atom is -0.0200 e. The molecule has 54 valence electrons. The normalized spacial score (nSPS) is 25.7. The molecule has 1 fully saturated rings. The van der Waals surface area contributed by atoms with Crippen molar-refractivity contribution in [1.29, 1.82) is 0 Å². The molecule has 0 saturated heterocycles. The van der Waals surface area contributed by atoms with Crippen LogP contribution in [-0.4, -0.2) is 0 Å². The van der Waals surface area contributed by atoms with E-state index < -0.39 is 0 Å². The van der Waals surface area contributed by atoms with Gasteiger partial charge in [0.2, 0.25) is 0 Å². The lowest BCUT2D eigenvalue weighted by Crippen LogP contribution is -1.92. The summed E-state index contributed by atoms with van der Waals surface area (Å²) in [6, 6.07) is 0. The van der Waals surface area contributed by atoms with Crippen molar-refractivity contribution in [1.82, 2.24) is 0 Å². The molecule has 10 heavy (non-hydrogen) atoms. The Hall–Kier alpha value is -0.520. The van der Waals surface area contributed by atoms with Crippen molar-refractivity contribution in [3.05, 3.63) is 23.3 Å². The van der Waals surface area contributed by atoms with Gasteiger partial charge in [-0.25, -0.2) is 0 Å². The SMILES string of the molecule is CC1=CC=C(C2CC2)CC1. The highest BCUT2D eigenvalue weighted by Gasteiger charge is 2.25. The topological polar surface area (TPSA) is 0 Å². The van der Waals surface area contributed by atoms with Gasteiger partial charge in [-0.15, -0.1) is 0 Å². The zero-order valence-electron chi connectivity index (χ0n) is 6.56. The molecule has 0 unspecified atom stereocenters. The third kappa shape index (κ3) is 1.16. The second kappa shape index (κ2) is 2.26. The lowest BCUT2D eigenvalue weighted by molar-refractivity contribution is 0.821. The Morgan fingerprint density at radius 2 is 2.00 bits per heavy atom. The molecule has 2 aliphatic carbocycles. The second-order valence-electron chi connectivity index (χ2n) is 3.53. The van der Waals surface area contributed by atoms with E-state index in [1.807, 2.05) is 0 Å². The molecular formula is C10H14. The second-order valence-corrected chi connectivity index (χ2v) is 3.53. The number of hydrogen-bond donors (Lipinski definition) is 0. The Balaban J connectivity index is 2.09. The fraction of sp³-hybridized carbons (Fsp3) is 0.600. The molecule has 0 N–H and O–H groups in total. The Bertz CT molecular complexity index is 192. The molecule has 0 heteroatoms. The summed E-state index contributed by atoms with van der Waals surface area (Å²) in [6.45, 7) is 2.22. The van der Waals surface area contributed by atoms with Gasteiger partial charge in [-0.1, -0.05) is 23.3 Å². The minimum Gasteiger partial charge on any atom is -0.0730 e. The smallest absolute Gasteiger partial charge is 0.0200 e. The fourth-order valence-corrected chi connectivity index (χ4v) is 1.55. The first-order chi connectivity index (χ1) is 4.86. The maximum atomic E-state index is 2.34. The largest absolute Gasteiger partial charge is 0.0730 e. The van der Waals surface area contributed by atoms with Crippen LogP contribution in [0.25, 0.3) is 0 Å². The first-order valence-electron chi connectivity index (χ1n) is 4.22. The highest BCUT2D eigenvalue weighted by molar-refractivity contribution is 5.26. The quantitative estimate of drug-likeness (QED) is 0.517. The molecule has 0 aromatic carbocycles. The average Bonchev–Trinajstić information content (AvgIpc) is 2.71. The van der Waals surface area contributed by atoms with E-state index in [1.54, 1.807) is 11.1 Å². The maximum absolute atomic E-state index is 2.34. The predicted molar refractivity (Wildman–Crippen MR) is 43.8 cm³/mol. The van der Waals surface area contributed by atoms with Crippen molar-refractivity contribution in [2.45, 2.75) is 32.6 Å². The molecule has 1 saturated carbocycles. The van der Waals surface area contributed by atoms with Crippen molar-refractivity contribution in [2.75, 3.05) is 0 Å². The van der Waals surface area contributed by atoms with Crippen LogP contribution >= 0.6 is 0 Å². The van der Waals surface area contributed by atoms with Crippen LogP contribution in [0.15, 0.2) is 23.3 Å². The van der Waals surface area contributed by atoms with E-state index in [0.29, 0.717) is 0 Å². The average molecular weight is 134 g/mol. The molecule has 0 atom stereocenters. The molecule has 2 rings (SSSR count). The summed E-state index contributed by atoms with van der Waals surface area (Å²) in [4.78, 5) is 0. The van der Waals surface area contributed by atoms with Gasteiger partial charge in [-0.05, 0) is 38.5 Å². The van der Waals surface area contributed by atoms with E-state index in [0.717, 1.165) is 5.92 Å².